The molecule has 1 aliphatic heterocycles. The summed E-state index contributed by atoms with van der Waals surface area (Å²) in [6, 6.07) is 7.98. The Balaban J connectivity index is 1.71. The van der Waals surface area contributed by atoms with E-state index in [0.29, 0.717) is 12.8 Å². The average molecular weight is 339 g/mol. The molecule has 0 unspecified atom stereocenters. The van der Waals surface area contributed by atoms with Crippen molar-refractivity contribution in [3.8, 4) is 5.75 Å². The summed E-state index contributed by atoms with van der Waals surface area (Å²) >= 11 is 0. The zero-order chi connectivity index (χ0) is 16.9. The van der Waals surface area contributed by atoms with E-state index in [1.54, 1.807) is 7.11 Å². The fraction of sp³-hybridized carbons (Fsp3) is 0.588. The van der Waals surface area contributed by atoms with Gasteiger partial charge in [0, 0.05) is 12.5 Å². The van der Waals surface area contributed by atoms with E-state index in [4.69, 9.17) is 4.74 Å². The molecule has 0 spiro atoms. The molecule has 1 aromatic carbocycles. The van der Waals surface area contributed by atoms with E-state index < -0.39 is 9.84 Å². The van der Waals surface area contributed by atoms with Crippen molar-refractivity contribution in [3.05, 3.63) is 29.8 Å². The fourth-order valence-corrected chi connectivity index (χ4v) is 4.74. The number of amides is 1. The van der Waals surface area contributed by atoms with Gasteiger partial charge in [0.15, 0.2) is 9.84 Å². The van der Waals surface area contributed by atoms with Crippen LogP contribution in [0.15, 0.2) is 24.3 Å². The summed E-state index contributed by atoms with van der Waals surface area (Å²) in [4.78, 5) is 12.0. The number of sulfone groups is 1. The van der Waals surface area contributed by atoms with Crippen LogP contribution in [0.5, 0.6) is 5.75 Å². The summed E-state index contributed by atoms with van der Waals surface area (Å²) in [6.45, 7) is 1.98. The fourth-order valence-electron chi connectivity index (χ4n) is 2.88. The smallest absolute Gasteiger partial charge is 0.220 e. The SMILES string of the molecule is COc1ccc(CC[C@H](C)NC(=O)C[C@@H]2CCS(=O)(=O)C2)cc1. The third kappa shape index (κ3) is 5.86. The molecule has 1 saturated heterocycles. The molecule has 1 aliphatic rings. The maximum atomic E-state index is 12.0. The van der Waals surface area contributed by atoms with Gasteiger partial charge in [0.1, 0.15) is 5.75 Å². The van der Waals surface area contributed by atoms with Crippen LogP contribution in [0.3, 0.4) is 0 Å². The van der Waals surface area contributed by atoms with Gasteiger partial charge in [-0.1, -0.05) is 12.1 Å². The highest BCUT2D eigenvalue weighted by Gasteiger charge is 2.29. The van der Waals surface area contributed by atoms with Crippen LogP contribution in [-0.2, 0) is 21.1 Å². The zero-order valence-electron chi connectivity index (χ0n) is 13.7. The minimum absolute atomic E-state index is 0.0196. The summed E-state index contributed by atoms with van der Waals surface area (Å²) in [5.74, 6) is 1.14. The van der Waals surface area contributed by atoms with Gasteiger partial charge in [-0.2, -0.15) is 0 Å². The number of rotatable bonds is 7. The number of nitrogens with one attached hydrogen (secondary N) is 1. The van der Waals surface area contributed by atoms with Crippen LogP contribution in [0, 0.1) is 5.92 Å². The van der Waals surface area contributed by atoms with Crippen molar-refractivity contribution < 1.29 is 17.9 Å². The summed E-state index contributed by atoms with van der Waals surface area (Å²) in [5, 5.41) is 2.97. The van der Waals surface area contributed by atoms with Gasteiger partial charge in [0.25, 0.3) is 0 Å². The molecule has 0 aliphatic carbocycles. The van der Waals surface area contributed by atoms with Crippen molar-refractivity contribution >= 4 is 15.7 Å². The zero-order valence-corrected chi connectivity index (χ0v) is 14.6. The van der Waals surface area contributed by atoms with Crippen LogP contribution < -0.4 is 10.1 Å². The normalized spacial score (nSPS) is 20.9. The predicted molar refractivity (Wildman–Crippen MR) is 90.3 cm³/mol. The third-order valence-electron chi connectivity index (χ3n) is 4.23. The molecule has 2 rings (SSSR count). The Hall–Kier alpha value is -1.56. The lowest BCUT2D eigenvalue weighted by molar-refractivity contribution is -0.122. The summed E-state index contributed by atoms with van der Waals surface area (Å²) in [5.41, 5.74) is 1.20. The van der Waals surface area contributed by atoms with Gasteiger partial charge in [-0.3, -0.25) is 4.79 Å². The molecule has 0 radical (unpaired) electrons. The Bertz CT molecular complexity index is 624. The number of hydrogen-bond acceptors (Lipinski definition) is 4. The molecule has 0 aromatic heterocycles. The van der Waals surface area contributed by atoms with Crippen molar-refractivity contribution in [3.63, 3.8) is 0 Å². The van der Waals surface area contributed by atoms with Gasteiger partial charge in [0.05, 0.1) is 18.6 Å². The summed E-state index contributed by atoms with van der Waals surface area (Å²) in [6.07, 6.45) is 2.65. The Morgan fingerprint density at radius 2 is 2.04 bits per heavy atom. The number of aryl methyl sites for hydroxylation is 1. The topological polar surface area (TPSA) is 72.5 Å². The lowest BCUT2D eigenvalue weighted by Crippen LogP contribution is -2.34. The van der Waals surface area contributed by atoms with Crippen LogP contribution >= 0.6 is 0 Å². The first-order chi connectivity index (χ1) is 10.9. The molecule has 1 aromatic rings. The maximum absolute atomic E-state index is 12.0. The van der Waals surface area contributed by atoms with E-state index in [2.05, 4.69) is 5.32 Å². The van der Waals surface area contributed by atoms with Crippen LogP contribution in [0.4, 0.5) is 0 Å². The number of carbonyl (C=O) groups excluding carboxylic acids is 1. The third-order valence-corrected chi connectivity index (χ3v) is 6.07. The predicted octanol–water partition coefficient (Wildman–Crippen LogP) is 1.96. The minimum Gasteiger partial charge on any atom is -0.497 e. The van der Waals surface area contributed by atoms with Crippen molar-refractivity contribution in [1.82, 2.24) is 5.32 Å². The van der Waals surface area contributed by atoms with Gasteiger partial charge in [-0.25, -0.2) is 8.42 Å². The lowest BCUT2D eigenvalue weighted by atomic mass is 10.0. The molecule has 1 N–H and O–H groups in total. The number of benzene rings is 1. The molecule has 0 bridgehead atoms. The Morgan fingerprint density at radius 3 is 2.61 bits per heavy atom. The number of methoxy groups -OCH3 is 1. The molecule has 23 heavy (non-hydrogen) atoms. The molecular formula is C17H25NO4S. The van der Waals surface area contributed by atoms with Gasteiger partial charge in [-0.15, -0.1) is 0 Å². The van der Waals surface area contributed by atoms with E-state index in [1.165, 1.54) is 5.56 Å². The van der Waals surface area contributed by atoms with Crippen molar-refractivity contribution in [1.29, 1.82) is 0 Å². The first-order valence-corrected chi connectivity index (χ1v) is 9.83. The van der Waals surface area contributed by atoms with Gasteiger partial charge >= 0.3 is 0 Å². The second-order valence-electron chi connectivity index (χ2n) is 6.33. The van der Waals surface area contributed by atoms with Crippen LogP contribution in [0.25, 0.3) is 0 Å². The minimum atomic E-state index is -2.91. The van der Waals surface area contributed by atoms with Crippen LogP contribution in [0.2, 0.25) is 0 Å². The van der Waals surface area contributed by atoms with E-state index >= 15 is 0 Å². The quantitative estimate of drug-likeness (QED) is 0.824. The first-order valence-electron chi connectivity index (χ1n) is 8.00. The van der Waals surface area contributed by atoms with Gasteiger partial charge in [-0.05, 0) is 49.8 Å². The largest absolute Gasteiger partial charge is 0.497 e. The summed E-state index contributed by atoms with van der Waals surface area (Å²) in [7, 11) is -1.27. The van der Waals surface area contributed by atoms with Crippen molar-refractivity contribution in [2.24, 2.45) is 5.92 Å². The Labute approximate surface area is 138 Å². The molecule has 2 atom stereocenters. The first kappa shape index (κ1) is 17.8. The van der Waals surface area contributed by atoms with Gasteiger partial charge in [0.2, 0.25) is 5.91 Å². The highest BCUT2D eigenvalue weighted by Crippen LogP contribution is 2.21. The molecule has 6 heteroatoms. The second kappa shape index (κ2) is 7.81. The molecule has 1 heterocycles. The van der Waals surface area contributed by atoms with Gasteiger partial charge < -0.3 is 10.1 Å². The van der Waals surface area contributed by atoms with Crippen LogP contribution in [0.1, 0.15) is 31.7 Å². The van der Waals surface area contributed by atoms with Crippen LogP contribution in [-0.4, -0.2) is 39.0 Å². The average Bonchev–Trinajstić information content (AvgIpc) is 2.84. The molecule has 5 nitrogen and oxygen atoms in total. The number of carbonyl (C=O) groups is 1. The van der Waals surface area contributed by atoms with E-state index in [9.17, 15) is 13.2 Å². The lowest BCUT2D eigenvalue weighted by Gasteiger charge is -2.15. The summed E-state index contributed by atoms with van der Waals surface area (Å²) < 4.78 is 27.9. The standard InChI is InChI=1S/C17H25NO4S/c1-13(3-4-14-5-7-16(22-2)8-6-14)18-17(19)11-15-9-10-23(20,21)12-15/h5-8,13,15H,3-4,9-12H2,1-2H3,(H,18,19)/t13-,15-/m0/s1. The van der Waals surface area contributed by atoms with Crippen molar-refractivity contribution in [2.75, 3.05) is 18.6 Å². The highest BCUT2D eigenvalue weighted by molar-refractivity contribution is 7.91. The van der Waals surface area contributed by atoms with E-state index in [1.807, 2.05) is 31.2 Å². The monoisotopic (exact) mass is 339 g/mol. The van der Waals surface area contributed by atoms with E-state index in [0.717, 1.165) is 18.6 Å². The Kier molecular flexibility index (Phi) is 6.04. The molecule has 1 amide bonds. The maximum Gasteiger partial charge on any atom is 0.220 e. The molecule has 1 fully saturated rings. The molecular weight excluding hydrogens is 314 g/mol. The van der Waals surface area contributed by atoms with Crippen molar-refractivity contribution in [2.45, 2.75) is 38.6 Å². The highest BCUT2D eigenvalue weighted by atomic mass is 32.2. The van der Waals surface area contributed by atoms with E-state index in [-0.39, 0.29) is 29.4 Å². The molecule has 128 valence electrons. The molecule has 0 saturated carbocycles. The number of ether oxygens (including phenoxy) is 1. The second-order valence-corrected chi connectivity index (χ2v) is 8.56. The number of hydrogen-bond donors (Lipinski definition) is 1. The Morgan fingerprint density at radius 1 is 1.35 bits per heavy atom.